The van der Waals surface area contributed by atoms with E-state index in [1.54, 1.807) is 6.07 Å². The van der Waals surface area contributed by atoms with Crippen molar-refractivity contribution in [1.29, 1.82) is 0 Å². The number of rotatable bonds is 2. The first-order valence-corrected chi connectivity index (χ1v) is 7.62. The molecule has 118 valence electrons. The summed E-state index contributed by atoms with van der Waals surface area (Å²) in [6, 6.07) is 8.47. The number of benzene rings is 1. The average Bonchev–Trinajstić information content (AvgIpc) is 3.12. The summed E-state index contributed by atoms with van der Waals surface area (Å²) in [5, 5.41) is 14.5. The minimum Gasteiger partial charge on any atom is -0.356 e. The topological polar surface area (TPSA) is 88.4 Å². The molecule has 0 saturated carbocycles. The van der Waals surface area contributed by atoms with E-state index in [9.17, 15) is 14.9 Å². The lowest BCUT2D eigenvalue weighted by Gasteiger charge is -2.22. The van der Waals surface area contributed by atoms with Gasteiger partial charge in [0.2, 0.25) is 5.91 Å². The van der Waals surface area contributed by atoms with Crippen LogP contribution in [0, 0.1) is 15.5 Å². The normalized spacial score (nSPS) is 23.7. The van der Waals surface area contributed by atoms with E-state index in [2.05, 4.69) is 15.2 Å². The highest BCUT2D eigenvalue weighted by atomic mass is 16.6. The van der Waals surface area contributed by atoms with E-state index in [0.29, 0.717) is 6.42 Å². The van der Waals surface area contributed by atoms with Crippen molar-refractivity contribution in [3.05, 3.63) is 40.4 Å². The zero-order valence-electron chi connectivity index (χ0n) is 12.5. The molecule has 2 aromatic rings. The average molecular weight is 312 g/mol. The highest BCUT2D eigenvalue weighted by Crippen LogP contribution is 2.38. The highest BCUT2D eigenvalue weighted by molar-refractivity contribution is 5.83. The molecular formula is C16H16N4O3. The van der Waals surface area contributed by atoms with Crippen LogP contribution in [0.15, 0.2) is 30.3 Å². The van der Waals surface area contributed by atoms with Gasteiger partial charge in [-0.2, -0.15) is 0 Å². The largest absolute Gasteiger partial charge is 0.356 e. The SMILES string of the molecule is O=C1CC2(CCN(c3ccc4cc([N+](=O)[O-])ccc4n3)C2)CN1. The van der Waals surface area contributed by atoms with Gasteiger partial charge in [0, 0.05) is 49.0 Å². The van der Waals surface area contributed by atoms with Crippen molar-refractivity contribution in [3.8, 4) is 0 Å². The number of nitro groups is 1. The molecule has 1 unspecified atom stereocenters. The Labute approximate surface area is 132 Å². The fourth-order valence-electron chi connectivity index (χ4n) is 3.56. The molecular weight excluding hydrogens is 296 g/mol. The first kappa shape index (κ1) is 13.9. The minimum atomic E-state index is -0.401. The fourth-order valence-corrected chi connectivity index (χ4v) is 3.56. The molecule has 7 nitrogen and oxygen atoms in total. The number of carbonyl (C=O) groups is 1. The predicted octanol–water partition coefficient (Wildman–Crippen LogP) is 1.86. The van der Waals surface area contributed by atoms with E-state index in [-0.39, 0.29) is 17.0 Å². The van der Waals surface area contributed by atoms with Crippen molar-refractivity contribution in [3.63, 3.8) is 0 Å². The molecule has 0 bridgehead atoms. The second-order valence-electron chi connectivity index (χ2n) is 6.43. The lowest BCUT2D eigenvalue weighted by Crippen LogP contribution is -2.29. The van der Waals surface area contributed by atoms with Gasteiger partial charge in [-0.05, 0) is 24.6 Å². The molecule has 3 heterocycles. The van der Waals surface area contributed by atoms with Crippen LogP contribution in [0.3, 0.4) is 0 Å². The van der Waals surface area contributed by atoms with E-state index in [1.165, 1.54) is 12.1 Å². The fraction of sp³-hybridized carbons (Fsp3) is 0.375. The number of amides is 1. The van der Waals surface area contributed by atoms with Gasteiger partial charge in [0.25, 0.3) is 5.69 Å². The molecule has 0 radical (unpaired) electrons. The van der Waals surface area contributed by atoms with Crippen LogP contribution in [0.4, 0.5) is 11.5 Å². The Hall–Kier alpha value is -2.70. The number of aromatic nitrogens is 1. The number of nitrogens with zero attached hydrogens (tertiary/aromatic N) is 3. The van der Waals surface area contributed by atoms with Crippen molar-refractivity contribution in [2.45, 2.75) is 12.8 Å². The molecule has 7 heteroatoms. The number of hydrogen-bond donors (Lipinski definition) is 1. The standard InChI is InChI=1S/C16H16N4O3/c21-15-8-16(9-17-15)5-6-19(10-16)14-4-1-11-7-12(20(22)23)2-3-13(11)18-14/h1-4,7H,5-6,8-10H2,(H,17,21). The third-order valence-electron chi connectivity index (χ3n) is 4.83. The zero-order chi connectivity index (χ0) is 16.0. The van der Waals surface area contributed by atoms with Gasteiger partial charge in [0.1, 0.15) is 5.82 Å². The highest BCUT2D eigenvalue weighted by Gasteiger charge is 2.44. The smallest absolute Gasteiger partial charge is 0.270 e. The Balaban J connectivity index is 1.61. The van der Waals surface area contributed by atoms with Gasteiger partial charge in [0.05, 0.1) is 10.4 Å². The number of non-ortho nitro benzene ring substituents is 1. The molecule has 2 aliphatic heterocycles. The third kappa shape index (κ3) is 2.38. The summed E-state index contributed by atoms with van der Waals surface area (Å²) >= 11 is 0. The Morgan fingerprint density at radius 2 is 2.17 bits per heavy atom. The molecule has 0 aliphatic carbocycles. The molecule has 4 rings (SSSR count). The Morgan fingerprint density at radius 1 is 1.30 bits per heavy atom. The van der Waals surface area contributed by atoms with E-state index in [1.807, 2.05) is 12.1 Å². The molecule has 1 aromatic heterocycles. The maximum absolute atomic E-state index is 11.5. The Morgan fingerprint density at radius 3 is 2.91 bits per heavy atom. The van der Waals surface area contributed by atoms with E-state index in [4.69, 9.17) is 0 Å². The molecule has 1 amide bonds. The summed E-state index contributed by atoms with van der Waals surface area (Å²) in [4.78, 5) is 28.8. The van der Waals surface area contributed by atoms with Gasteiger partial charge < -0.3 is 10.2 Å². The number of hydrogen-bond acceptors (Lipinski definition) is 5. The second-order valence-corrected chi connectivity index (χ2v) is 6.43. The summed E-state index contributed by atoms with van der Waals surface area (Å²) in [6.07, 6.45) is 1.56. The monoisotopic (exact) mass is 312 g/mol. The van der Waals surface area contributed by atoms with E-state index >= 15 is 0 Å². The van der Waals surface area contributed by atoms with Crippen LogP contribution < -0.4 is 10.2 Å². The van der Waals surface area contributed by atoms with Gasteiger partial charge in [-0.1, -0.05) is 0 Å². The Bertz CT molecular complexity index is 822. The van der Waals surface area contributed by atoms with Crippen molar-refractivity contribution >= 4 is 28.3 Å². The summed E-state index contributed by atoms with van der Waals surface area (Å²) in [5.41, 5.74) is 0.848. The number of fused-ring (bicyclic) bond motifs is 1. The first-order chi connectivity index (χ1) is 11.0. The molecule has 1 N–H and O–H groups in total. The van der Waals surface area contributed by atoms with Crippen molar-refractivity contribution in [1.82, 2.24) is 10.3 Å². The molecule has 2 fully saturated rings. The molecule has 1 aromatic carbocycles. The van der Waals surface area contributed by atoms with Crippen LogP contribution in [0.1, 0.15) is 12.8 Å². The first-order valence-electron chi connectivity index (χ1n) is 7.62. The van der Waals surface area contributed by atoms with Crippen LogP contribution in [0.25, 0.3) is 10.9 Å². The van der Waals surface area contributed by atoms with Crippen molar-refractivity contribution in [2.24, 2.45) is 5.41 Å². The molecule has 23 heavy (non-hydrogen) atoms. The summed E-state index contributed by atoms with van der Waals surface area (Å²) in [7, 11) is 0. The summed E-state index contributed by atoms with van der Waals surface area (Å²) in [5.74, 6) is 0.994. The van der Waals surface area contributed by atoms with Crippen LogP contribution in [0.5, 0.6) is 0 Å². The van der Waals surface area contributed by atoms with Gasteiger partial charge >= 0.3 is 0 Å². The molecule has 2 saturated heterocycles. The van der Waals surface area contributed by atoms with Crippen LogP contribution in [-0.2, 0) is 4.79 Å². The summed E-state index contributed by atoms with van der Waals surface area (Å²) in [6.45, 7) is 2.43. The molecule has 2 aliphatic rings. The van der Waals surface area contributed by atoms with E-state index in [0.717, 1.165) is 42.8 Å². The number of anilines is 1. The lowest BCUT2D eigenvalue weighted by molar-refractivity contribution is -0.384. The van der Waals surface area contributed by atoms with E-state index < -0.39 is 4.92 Å². The quantitative estimate of drug-likeness (QED) is 0.675. The maximum Gasteiger partial charge on any atom is 0.270 e. The van der Waals surface area contributed by atoms with Gasteiger partial charge in [0.15, 0.2) is 0 Å². The van der Waals surface area contributed by atoms with Gasteiger partial charge in [-0.15, -0.1) is 0 Å². The number of carbonyl (C=O) groups excluding carboxylic acids is 1. The maximum atomic E-state index is 11.5. The predicted molar refractivity (Wildman–Crippen MR) is 85.3 cm³/mol. The van der Waals surface area contributed by atoms with Crippen molar-refractivity contribution in [2.75, 3.05) is 24.5 Å². The summed E-state index contributed by atoms with van der Waals surface area (Å²) < 4.78 is 0. The Kier molecular flexibility index (Phi) is 2.97. The minimum absolute atomic E-state index is 0.0309. The lowest BCUT2D eigenvalue weighted by atomic mass is 9.86. The van der Waals surface area contributed by atoms with Gasteiger partial charge in [-0.25, -0.2) is 4.98 Å². The van der Waals surface area contributed by atoms with Crippen LogP contribution in [-0.4, -0.2) is 35.4 Å². The van der Waals surface area contributed by atoms with Crippen LogP contribution >= 0.6 is 0 Å². The number of pyridine rings is 1. The third-order valence-corrected chi connectivity index (χ3v) is 4.83. The molecule has 1 atom stereocenters. The second kappa shape index (κ2) is 4.91. The number of nitro benzene ring substituents is 1. The van der Waals surface area contributed by atoms with Crippen LogP contribution in [0.2, 0.25) is 0 Å². The van der Waals surface area contributed by atoms with Crippen molar-refractivity contribution < 1.29 is 9.72 Å². The number of nitrogens with one attached hydrogen (secondary N) is 1. The molecule has 1 spiro atoms. The van der Waals surface area contributed by atoms with Gasteiger partial charge in [-0.3, -0.25) is 14.9 Å². The zero-order valence-corrected chi connectivity index (χ0v) is 12.5.